The molecule has 1 spiro atoms. The van der Waals surface area contributed by atoms with E-state index in [4.69, 9.17) is 4.74 Å². The molecule has 8 unspecified atom stereocenters. The topological polar surface area (TPSA) is 83.8 Å². The molecule has 1 heterocycles. The zero-order valence-corrected chi connectivity index (χ0v) is 15.3. The van der Waals surface area contributed by atoms with E-state index >= 15 is 0 Å². The summed E-state index contributed by atoms with van der Waals surface area (Å²) >= 11 is 0. The van der Waals surface area contributed by atoms with Crippen molar-refractivity contribution in [1.29, 1.82) is 0 Å². The van der Waals surface area contributed by atoms with Crippen molar-refractivity contribution in [2.75, 3.05) is 0 Å². The highest BCUT2D eigenvalue weighted by Crippen LogP contribution is 2.67. The maximum absolute atomic E-state index is 13.0. The smallest absolute Gasteiger partial charge is 0.317 e. The van der Waals surface area contributed by atoms with Crippen molar-refractivity contribution < 1.29 is 24.5 Å². The first kappa shape index (κ1) is 16.7. The van der Waals surface area contributed by atoms with Crippen LogP contribution in [0.25, 0.3) is 0 Å². The monoisotopic (exact) mass is 358 g/mol. The predicted octanol–water partition coefficient (Wildman–Crippen LogP) is 1.92. The Balaban J connectivity index is 1.57. The highest BCUT2D eigenvalue weighted by Gasteiger charge is 2.68. The number of fused-ring (bicyclic) bond motifs is 4. The molecule has 0 aromatic heterocycles. The fraction of sp³-hybridized carbons (Fsp3) is 0.714. The fourth-order valence-corrected chi connectivity index (χ4v) is 7.19. The van der Waals surface area contributed by atoms with Gasteiger partial charge >= 0.3 is 5.97 Å². The van der Waals surface area contributed by atoms with Crippen molar-refractivity contribution in [2.24, 2.45) is 28.6 Å². The van der Waals surface area contributed by atoms with Gasteiger partial charge in [-0.3, -0.25) is 9.59 Å². The quantitative estimate of drug-likeness (QED) is 0.553. The molecule has 2 saturated carbocycles. The zero-order valence-electron chi connectivity index (χ0n) is 15.3. The zero-order chi connectivity index (χ0) is 18.4. The van der Waals surface area contributed by atoms with Gasteiger partial charge < -0.3 is 14.9 Å². The van der Waals surface area contributed by atoms with Crippen LogP contribution in [-0.4, -0.2) is 40.3 Å². The summed E-state index contributed by atoms with van der Waals surface area (Å²) in [7, 11) is 0. The van der Waals surface area contributed by atoms with E-state index in [1.165, 1.54) is 0 Å². The number of allylic oxidation sites excluding steroid dienone is 3. The summed E-state index contributed by atoms with van der Waals surface area (Å²) in [4.78, 5) is 25.1. The lowest BCUT2D eigenvalue weighted by Gasteiger charge is -2.55. The lowest BCUT2D eigenvalue weighted by atomic mass is 9.47. The summed E-state index contributed by atoms with van der Waals surface area (Å²) in [5, 5.41) is 20.9. The Hall–Kier alpha value is -1.46. The van der Waals surface area contributed by atoms with Crippen LogP contribution < -0.4 is 0 Å². The highest BCUT2D eigenvalue weighted by atomic mass is 16.6. The Morgan fingerprint density at radius 3 is 2.73 bits per heavy atom. The average molecular weight is 358 g/mol. The number of aliphatic hydroxyl groups excluding tert-OH is 2. The summed E-state index contributed by atoms with van der Waals surface area (Å²) in [6.45, 7) is 3.86. The van der Waals surface area contributed by atoms with Gasteiger partial charge in [0.25, 0.3) is 0 Å². The van der Waals surface area contributed by atoms with Gasteiger partial charge in [0, 0.05) is 6.42 Å². The average Bonchev–Trinajstić information content (AvgIpc) is 3.10. The van der Waals surface area contributed by atoms with Gasteiger partial charge in [0.2, 0.25) is 0 Å². The van der Waals surface area contributed by atoms with Gasteiger partial charge in [-0.05, 0) is 66.9 Å². The second-order valence-corrected chi connectivity index (χ2v) is 9.19. The van der Waals surface area contributed by atoms with E-state index in [9.17, 15) is 19.8 Å². The van der Waals surface area contributed by atoms with Crippen molar-refractivity contribution in [2.45, 2.75) is 64.3 Å². The first-order valence-corrected chi connectivity index (χ1v) is 9.80. The van der Waals surface area contributed by atoms with Gasteiger partial charge in [0.05, 0.1) is 5.41 Å². The molecule has 26 heavy (non-hydrogen) atoms. The molecule has 2 N–H and O–H groups in total. The minimum atomic E-state index is -1.02. The number of aliphatic hydroxyl groups is 2. The lowest BCUT2D eigenvalue weighted by Crippen LogP contribution is -2.56. The molecule has 5 aliphatic rings. The second kappa shape index (κ2) is 5.08. The van der Waals surface area contributed by atoms with E-state index in [0.29, 0.717) is 23.8 Å². The second-order valence-electron chi connectivity index (χ2n) is 9.19. The minimum absolute atomic E-state index is 0.107. The van der Waals surface area contributed by atoms with Crippen LogP contribution >= 0.6 is 0 Å². The fourth-order valence-electron chi connectivity index (χ4n) is 7.19. The van der Waals surface area contributed by atoms with Crippen LogP contribution in [0.15, 0.2) is 23.3 Å². The van der Waals surface area contributed by atoms with Crippen molar-refractivity contribution in [3.8, 4) is 0 Å². The highest BCUT2D eigenvalue weighted by molar-refractivity contribution is 5.95. The Kier molecular flexibility index (Phi) is 3.26. The van der Waals surface area contributed by atoms with E-state index in [1.807, 2.05) is 6.08 Å². The molecule has 0 radical (unpaired) electrons. The Bertz CT molecular complexity index is 766. The number of ether oxygens (including phenoxy) is 1. The van der Waals surface area contributed by atoms with Crippen LogP contribution in [0.2, 0.25) is 0 Å². The maximum atomic E-state index is 13.0. The summed E-state index contributed by atoms with van der Waals surface area (Å²) in [5.74, 6) is 0.679. The summed E-state index contributed by atoms with van der Waals surface area (Å²) in [6, 6.07) is 0. The Labute approximate surface area is 153 Å². The van der Waals surface area contributed by atoms with E-state index in [2.05, 4.69) is 13.0 Å². The Morgan fingerprint density at radius 2 is 2.00 bits per heavy atom. The first-order valence-electron chi connectivity index (χ1n) is 9.80. The van der Waals surface area contributed by atoms with E-state index in [0.717, 1.165) is 31.3 Å². The third-order valence-electron chi connectivity index (χ3n) is 8.32. The first-order chi connectivity index (χ1) is 12.3. The molecular formula is C21H26O5. The molecular weight excluding hydrogens is 332 g/mol. The van der Waals surface area contributed by atoms with Crippen LogP contribution in [-0.2, 0) is 14.3 Å². The van der Waals surface area contributed by atoms with E-state index in [-0.39, 0.29) is 23.1 Å². The van der Waals surface area contributed by atoms with Gasteiger partial charge in [0.15, 0.2) is 5.78 Å². The number of carbonyl (C=O) groups excluding carboxylic acids is 2. The van der Waals surface area contributed by atoms with Gasteiger partial charge in [-0.15, -0.1) is 0 Å². The normalized spacial score (nSPS) is 51.6. The van der Waals surface area contributed by atoms with E-state index in [1.54, 1.807) is 6.92 Å². The van der Waals surface area contributed by atoms with Crippen LogP contribution in [0.4, 0.5) is 0 Å². The number of hydrogen-bond donors (Lipinski definition) is 2. The third-order valence-corrected chi connectivity index (χ3v) is 8.32. The number of ketones is 1. The number of hydrogen-bond acceptors (Lipinski definition) is 5. The minimum Gasteiger partial charge on any atom is -0.459 e. The van der Waals surface area contributed by atoms with Crippen LogP contribution in [0.5, 0.6) is 0 Å². The molecule has 5 rings (SSSR count). The summed E-state index contributed by atoms with van der Waals surface area (Å²) in [5.41, 5.74) is 0.765. The SMILES string of the molecule is CC(=O)C1=CCC2C3CC=C4C(O)C(O)C5CC4(C(=O)O5)C3CCC12C. The lowest BCUT2D eigenvalue weighted by molar-refractivity contribution is -0.153. The molecule has 0 aromatic carbocycles. The molecule has 1 aliphatic heterocycles. The number of Topliss-reactive ketones (excluding diaryl/α,β-unsaturated/α-hetero) is 1. The standard InChI is InChI=1S/C21H26O5/c1-10(22)12-5-6-13-11-3-4-15-17(23)18(24)16-9-21(15,19(25)26-16)14(11)7-8-20(12,13)2/h4-5,11,13-14,16-18,23-24H,3,6-9H2,1-2H3. The predicted molar refractivity (Wildman–Crippen MR) is 92.8 cm³/mol. The van der Waals surface area contributed by atoms with Gasteiger partial charge in [-0.25, -0.2) is 0 Å². The molecule has 0 amide bonds. The molecule has 5 heteroatoms. The molecule has 8 atom stereocenters. The number of rotatable bonds is 1. The van der Waals surface area contributed by atoms with Crippen molar-refractivity contribution in [3.05, 3.63) is 23.3 Å². The van der Waals surface area contributed by atoms with Gasteiger partial charge in [-0.1, -0.05) is 19.1 Å². The molecule has 0 aromatic rings. The Morgan fingerprint density at radius 1 is 1.23 bits per heavy atom. The molecule has 1 saturated heterocycles. The molecule has 140 valence electrons. The third kappa shape index (κ3) is 1.74. The molecule has 5 nitrogen and oxygen atoms in total. The molecule has 4 aliphatic carbocycles. The van der Waals surface area contributed by atoms with Gasteiger partial charge in [0.1, 0.15) is 18.3 Å². The maximum Gasteiger partial charge on any atom is 0.317 e. The van der Waals surface area contributed by atoms with E-state index < -0.39 is 23.7 Å². The summed E-state index contributed by atoms with van der Waals surface area (Å²) < 4.78 is 5.52. The van der Waals surface area contributed by atoms with Crippen LogP contribution in [0, 0.1) is 28.6 Å². The number of carbonyl (C=O) groups is 2. The van der Waals surface area contributed by atoms with Crippen LogP contribution in [0.1, 0.15) is 46.0 Å². The summed E-state index contributed by atoms with van der Waals surface area (Å²) in [6.07, 6.45) is 5.37. The molecule has 3 fully saturated rings. The van der Waals surface area contributed by atoms with Gasteiger partial charge in [-0.2, -0.15) is 0 Å². The van der Waals surface area contributed by atoms with Crippen molar-refractivity contribution >= 4 is 11.8 Å². The number of esters is 1. The largest absolute Gasteiger partial charge is 0.459 e. The van der Waals surface area contributed by atoms with Crippen molar-refractivity contribution in [1.82, 2.24) is 0 Å². The van der Waals surface area contributed by atoms with Crippen molar-refractivity contribution in [3.63, 3.8) is 0 Å². The van der Waals surface area contributed by atoms with Crippen LogP contribution in [0.3, 0.4) is 0 Å². The molecule has 2 bridgehead atoms.